The SMILES string of the molecule is Cc1cc(C)c(S(=O)(=O)N2CCCCCC2)cc1C(=O)O. The van der Waals surface area contributed by atoms with Gasteiger partial charge in [0.25, 0.3) is 0 Å². The van der Waals surface area contributed by atoms with E-state index in [0.29, 0.717) is 24.2 Å². The van der Waals surface area contributed by atoms with Crippen molar-refractivity contribution in [2.45, 2.75) is 44.4 Å². The molecule has 0 bridgehead atoms. The van der Waals surface area contributed by atoms with Gasteiger partial charge in [0.05, 0.1) is 10.5 Å². The molecule has 2 rings (SSSR count). The molecular formula is C15H21NO4S. The minimum atomic E-state index is -3.62. The first kappa shape index (κ1) is 16.0. The number of hydrogen-bond donors (Lipinski definition) is 1. The lowest BCUT2D eigenvalue weighted by molar-refractivity contribution is 0.0696. The molecule has 0 unspecified atom stereocenters. The number of carboxylic acids is 1. The summed E-state index contributed by atoms with van der Waals surface area (Å²) in [6.45, 7) is 4.41. The Morgan fingerprint density at radius 2 is 1.62 bits per heavy atom. The number of aryl methyl sites for hydroxylation is 2. The van der Waals surface area contributed by atoms with Gasteiger partial charge in [0.15, 0.2) is 0 Å². The lowest BCUT2D eigenvalue weighted by Crippen LogP contribution is -2.32. The summed E-state index contributed by atoms with van der Waals surface area (Å²) in [4.78, 5) is 11.4. The average Bonchev–Trinajstić information content (AvgIpc) is 2.67. The van der Waals surface area contributed by atoms with Crippen molar-refractivity contribution in [1.29, 1.82) is 0 Å². The Hall–Kier alpha value is -1.40. The first-order valence-corrected chi connectivity index (χ1v) is 8.62. The van der Waals surface area contributed by atoms with Crippen LogP contribution in [0.5, 0.6) is 0 Å². The van der Waals surface area contributed by atoms with Crippen LogP contribution in [-0.4, -0.2) is 36.9 Å². The van der Waals surface area contributed by atoms with Crippen LogP contribution in [-0.2, 0) is 10.0 Å². The highest BCUT2D eigenvalue weighted by Crippen LogP contribution is 2.25. The van der Waals surface area contributed by atoms with E-state index < -0.39 is 16.0 Å². The zero-order valence-electron chi connectivity index (χ0n) is 12.4. The normalized spacial score (nSPS) is 17.4. The van der Waals surface area contributed by atoms with Gasteiger partial charge in [-0.1, -0.05) is 18.9 Å². The summed E-state index contributed by atoms with van der Waals surface area (Å²) in [5.74, 6) is -1.10. The summed E-state index contributed by atoms with van der Waals surface area (Å²) in [7, 11) is -3.62. The van der Waals surface area contributed by atoms with Crippen LogP contribution >= 0.6 is 0 Å². The molecule has 5 nitrogen and oxygen atoms in total. The van der Waals surface area contributed by atoms with Gasteiger partial charge in [0.1, 0.15) is 0 Å². The van der Waals surface area contributed by atoms with E-state index in [9.17, 15) is 18.3 Å². The Balaban J connectivity index is 2.48. The summed E-state index contributed by atoms with van der Waals surface area (Å²) in [6.07, 6.45) is 3.80. The smallest absolute Gasteiger partial charge is 0.335 e. The molecule has 116 valence electrons. The van der Waals surface area contributed by atoms with E-state index in [-0.39, 0.29) is 10.5 Å². The molecule has 0 spiro atoms. The van der Waals surface area contributed by atoms with Crippen molar-refractivity contribution in [3.8, 4) is 0 Å². The van der Waals surface area contributed by atoms with Crippen LogP contribution in [0.3, 0.4) is 0 Å². The largest absolute Gasteiger partial charge is 0.478 e. The highest BCUT2D eigenvalue weighted by atomic mass is 32.2. The Kier molecular flexibility index (Phi) is 4.68. The van der Waals surface area contributed by atoms with Gasteiger partial charge in [0.2, 0.25) is 10.0 Å². The number of carboxylic acid groups (broad SMARTS) is 1. The summed E-state index contributed by atoms with van der Waals surface area (Å²) in [6, 6.07) is 2.93. The van der Waals surface area contributed by atoms with E-state index in [0.717, 1.165) is 25.7 Å². The van der Waals surface area contributed by atoms with Crippen LogP contribution in [0, 0.1) is 13.8 Å². The van der Waals surface area contributed by atoms with Crippen LogP contribution in [0.15, 0.2) is 17.0 Å². The van der Waals surface area contributed by atoms with Gasteiger partial charge < -0.3 is 5.11 Å². The van der Waals surface area contributed by atoms with Crippen molar-refractivity contribution in [1.82, 2.24) is 4.31 Å². The third kappa shape index (κ3) is 3.27. The van der Waals surface area contributed by atoms with Crippen molar-refractivity contribution in [3.63, 3.8) is 0 Å². The van der Waals surface area contributed by atoms with E-state index in [1.165, 1.54) is 10.4 Å². The van der Waals surface area contributed by atoms with Gasteiger partial charge >= 0.3 is 5.97 Å². The van der Waals surface area contributed by atoms with Gasteiger partial charge in [-0.05, 0) is 43.9 Å². The number of nitrogens with zero attached hydrogens (tertiary/aromatic N) is 1. The Bertz CT molecular complexity index is 644. The van der Waals surface area contributed by atoms with Crippen LogP contribution < -0.4 is 0 Å². The number of rotatable bonds is 3. The number of hydrogen-bond acceptors (Lipinski definition) is 3. The minimum Gasteiger partial charge on any atom is -0.478 e. The Morgan fingerprint density at radius 1 is 1.05 bits per heavy atom. The summed E-state index contributed by atoms with van der Waals surface area (Å²) < 4.78 is 27.0. The predicted molar refractivity (Wildman–Crippen MR) is 80.1 cm³/mol. The molecule has 1 fully saturated rings. The van der Waals surface area contributed by atoms with Gasteiger partial charge in [-0.3, -0.25) is 0 Å². The molecule has 1 aromatic rings. The van der Waals surface area contributed by atoms with Crippen LogP contribution in [0.25, 0.3) is 0 Å². The third-order valence-corrected chi connectivity index (χ3v) is 5.98. The number of aromatic carboxylic acids is 1. The number of sulfonamides is 1. The third-order valence-electron chi connectivity index (χ3n) is 3.94. The van der Waals surface area contributed by atoms with Crippen LogP contribution in [0.2, 0.25) is 0 Å². The molecule has 21 heavy (non-hydrogen) atoms. The quantitative estimate of drug-likeness (QED) is 0.931. The van der Waals surface area contributed by atoms with Crippen molar-refractivity contribution >= 4 is 16.0 Å². The molecule has 6 heteroatoms. The van der Waals surface area contributed by atoms with Crippen molar-refractivity contribution in [2.75, 3.05) is 13.1 Å². The highest BCUT2D eigenvalue weighted by Gasteiger charge is 2.28. The molecule has 1 aromatic carbocycles. The topological polar surface area (TPSA) is 74.7 Å². The van der Waals surface area contributed by atoms with Gasteiger partial charge in [-0.25, -0.2) is 13.2 Å². The van der Waals surface area contributed by atoms with Crippen molar-refractivity contribution in [2.24, 2.45) is 0 Å². The van der Waals surface area contributed by atoms with Crippen LogP contribution in [0.1, 0.15) is 47.2 Å². The average molecular weight is 311 g/mol. The van der Waals surface area contributed by atoms with E-state index in [1.54, 1.807) is 19.9 Å². The summed E-state index contributed by atoms with van der Waals surface area (Å²) in [5, 5.41) is 9.19. The molecule has 1 N–H and O–H groups in total. The minimum absolute atomic E-state index is 0.0500. The highest BCUT2D eigenvalue weighted by molar-refractivity contribution is 7.89. The zero-order chi connectivity index (χ0) is 15.6. The second kappa shape index (κ2) is 6.15. The summed E-state index contributed by atoms with van der Waals surface area (Å²) in [5.41, 5.74) is 1.23. The maximum atomic E-state index is 12.8. The molecule has 1 aliphatic rings. The van der Waals surface area contributed by atoms with Gasteiger partial charge in [0, 0.05) is 13.1 Å². The maximum Gasteiger partial charge on any atom is 0.335 e. The summed E-state index contributed by atoms with van der Waals surface area (Å²) >= 11 is 0. The Morgan fingerprint density at radius 3 is 2.14 bits per heavy atom. The predicted octanol–water partition coefficient (Wildman–Crippen LogP) is 2.57. The number of benzene rings is 1. The van der Waals surface area contributed by atoms with Crippen molar-refractivity contribution in [3.05, 3.63) is 28.8 Å². The Labute approximate surface area is 125 Å². The molecular weight excluding hydrogens is 290 g/mol. The monoisotopic (exact) mass is 311 g/mol. The molecule has 0 radical (unpaired) electrons. The van der Waals surface area contributed by atoms with Gasteiger partial charge in [-0.15, -0.1) is 0 Å². The second-order valence-electron chi connectivity index (χ2n) is 5.56. The fraction of sp³-hybridized carbons (Fsp3) is 0.533. The lowest BCUT2D eigenvalue weighted by atomic mass is 10.1. The van der Waals surface area contributed by atoms with E-state index >= 15 is 0 Å². The van der Waals surface area contributed by atoms with E-state index in [2.05, 4.69) is 0 Å². The lowest BCUT2D eigenvalue weighted by Gasteiger charge is -2.21. The molecule has 0 saturated carbocycles. The molecule has 0 amide bonds. The molecule has 0 aliphatic carbocycles. The molecule has 1 aliphatic heterocycles. The molecule has 0 atom stereocenters. The fourth-order valence-corrected chi connectivity index (χ4v) is 4.51. The zero-order valence-corrected chi connectivity index (χ0v) is 13.2. The van der Waals surface area contributed by atoms with Gasteiger partial charge in [-0.2, -0.15) is 4.31 Å². The first-order chi connectivity index (χ1) is 9.84. The number of carbonyl (C=O) groups is 1. The fourth-order valence-electron chi connectivity index (χ4n) is 2.76. The van der Waals surface area contributed by atoms with E-state index in [1.807, 2.05) is 0 Å². The first-order valence-electron chi connectivity index (χ1n) is 7.18. The molecule has 0 aromatic heterocycles. The van der Waals surface area contributed by atoms with E-state index in [4.69, 9.17) is 0 Å². The maximum absolute atomic E-state index is 12.8. The standard InChI is InChI=1S/C15H21NO4S/c1-11-9-12(2)14(10-13(11)15(17)18)21(19,20)16-7-5-3-4-6-8-16/h9-10H,3-8H2,1-2H3,(H,17,18). The van der Waals surface area contributed by atoms with Crippen LogP contribution in [0.4, 0.5) is 0 Å². The molecule has 1 saturated heterocycles. The van der Waals surface area contributed by atoms with Crippen molar-refractivity contribution < 1.29 is 18.3 Å². The second-order valence-corrected chi connectivity index (χ2v) is 7.46. The molecule has 1 heterocycles.